The Labute approximate surface area is 111 Å². The van der Waals surface area contributed by atoms with Crippen molar-refractivity contribution >= 4 is 5.70 Å². The van der Waals surface area contributed by atoms with Gasteiger partial charge in [-0.25, -0.2) is 0 Å². The minimum Gasteiger partial charge on any atom is -0.382 e. The molecule has 1 aromatic heterocycles. The molecule has 1 saturated carbocycles. The minimum atomic E-state index is 0.591. The van der Waals surface area contributed by atoms with Gasteiger partial charge in [-0.2, -0.15) is 0 Å². The molecule has 2 rings (SSSR count). The third-order valence-electron chi connectivity index (χ3n) is 3.94. The molecule has 18 heavy (non-hydrogen) atoms. The highest BCUT2D eigenvalue weighted by Gasteiger charge is 2.18. The van der Waals surface area contributed by atoms with Crippen LogP contribution in [0.4, 0.5) is 0 Å². The zero-order chi connectivity index (χ0) is 13.1. The molecule has 0 bridgehead atoms. The third-order valence-corrected chi connectivity index (χ3v) is 3.94. The molecule has 1 aliphatic carbocycles. The van der Waals surface area contributed by atoms with E-state index in [-0.39, 0.29) is 0 Å². The van der Waals surface area contributed by atoms with Gasteiger partial charge < -0.3 is 5.32 Å². The molecule has 1 aromatic rings. The lowest BCUT2D eigenvalue weighted by Crippen LogP contribution is -2.31. The highest BCUT2D eigenvalue weighted by molar-refractivity contribution is 5.64. The SMILES string of the molecule is C=C(NC1CCC(C)CC1)c1cc(C)cnc1C. The summed E-state index contributed by atoms with van der Waals surface area (Å²) in [5, 5.41) is 3.59. The largest absolute Gasteiger partial charge is 0.382 e. The van der Waals surface area contributed by atoms with Gasteiger partial charge in [-0.1, -0.05) is 13.5 Å². The summed E-state index contributed by atoms with van der Waals surface area (Å²) in [6.45, 7) is 10.7. The average molecular weight is 244 g/mol. The van der Waals surface area contributed by atoms with Gasteiger partial charge in [0.1, 0.15) is 0 Å². The lowest BCUT2D eigenvalue weighted by Gasteiger charge is -2.28. The smallest absolute Gasteiger partial charge is 0.0465 e. The fourth-order valence-corrected chi connectivity index (χ4v) is 2.67. The lowest BCUT2D eigenvalue weighted by atomic mass is 9.87. The Bertz CT molecular complexity index is 429. The van der Waals surface area contributed by atoms with Gasteiger partial charge in [0.2, 0.25) is 0 Å². The predicted octanol–water partition coefficient (Wildman–Crippen LogP) is 3.84. The minimum absolute atomic E-state index is 0.591. The first-order valence-electron chi connectivity index (χ1n) is 6.95. The number of hydrogen-bond acceptors (Lipinski definition) is 2. The number of nitrogens with one attached hydrogen (secondary N) is 1. The first-order chi connectivity index (χ1) is 8.56. The van der Waals surface area contributed by atoms with Crippen LogP contribution in [0.1, 0.15) is 49.4 Å². The molecule has 0 amide bonds. The Morgan fingerprint density at radius 1 is 1.28 bits per heavy atom. The average Bonchev–Trinajstić information content (AvgIpc) is 2.35. The van der Waals surface area contributed by atoms with Crippen molar-refractivity contribution in [2.24, 2.45) is 5.92 Å². The second-order valence-corrected chi connectivity index (χ2v) is 5.73. The van der Waals surface area contributed by atoms with E-state index in [0.717, 1.165) is 22.9 Å². The Morgan fingerprint density at radius 3 is 2.61 bits per heavy atom. The van der Waals surface area contributed by atoms with Gasteiger partial charge >= 0.3 is 0 Å². The monoisotopic (exact) mass is 244 g/mol. The Hall–Kier alpha value is -1.31. The summed E-state index contributed by atoms with van der Waals surface area (Å²) in [6, 6.07) is 2.76. The van der Waals surface area contributed by atoms with E-state index in [1.165, 1.54) is 31.2 Å². The van der Waals surface area contributed by atoms with Gasteiger partial charge in [0, 0.05) is 29.2 Å². The Morgan fingerprint density at radius 2 is 1.94 bits per heavy atom. The zero-order valence-electron chi connectivity index (χ0n) is 11.8. The van der Waals surface area contributed by atoms with E-state index in [2.05, 4.69) is 36.8 Å². The Balaban J connectivity index is 2.01. The van der Waals surface area contributed by atoms with Crippen LogP contribution in [-0.2, 0) is 0 Å². The predicted molar refractivity (Wildman–Crippen MR) is 77.3 cm³/mol. The zero-order valence-corrected chi connectivity index (χ0v) is 11.8. The van der Waals surface area contributed by atoms with E-state index >= 15 is 0 Å². The van der Waals surface area contributed by atoms with Gasteiger partial charge in [-0.15, -0.1) is 0 Å². The van der Waals surface area contributed by atoms with E-state index in [0.29, 0.717) is 6.04 Å². The van der Waals surface area contributed by atoms with Crippen LogP contribution in [0.5, 0.6) is 0 Å². The van der Waals surface area contributed by atoms with Crippen molar-refractivity contribution in [1.29, 1.82) is 0 Å². The third kappa shape index (κ3) is 3.12. The number of nitrogens with zero attached hydrogens (tertiary/aromatic N) is 1. The topological polar surface area (TPSA) is 24.9 Å². The van der Waals surface area contributed by atoms with Crippen molar-refractivity contribution in [3.05, 3.63) is 35.7 Å². The molecule has 1 fully saturated rings. The summed E-state index contributed by atoms with van der Waals surface area (Å²) in [7, 11) is 0. The maximum atomic E-state index is 4.40. The van der Waals surface area contributed by atoms with E-state index in [4.69, 9.17) is 0 Å². The van der Waals surface area contributed by atoms with E-state index in [1.54, 1.807) is 0 Å². The Kier molecular flexibility index (Phi) is 4.05. The number of hydrogen-bond donors (Lipinski definition) is 1. The lowest BCUT2D eigenvalue weighted by molar-refractivity contribution is 0.328. The molecule has 1 N–H and O–H groups in total. The quantitative estimate of drug-likeness (QED) is 0.874. The summed E-state index contributed by atoms with van der Waals surface area (Å²) < 4.78 is 0. The second kappa shape index (κ2) is 5.55. The van der Waals surface area contributed by atoms with Crippen LogP contribution < -0.4 is 5.32 Å². The van der Waals surface area contributed by atoms with E-state index < -0.39 is 0 Å². The summed E-state index contributed by atoms with van der Waals surface area (Å²) in [5.41, 5.74) is 4.44. The summed E-state index contributed by atoms with van der Waals surface area (Å²) >= 11 is 0. The van der Waals surface area contributed by atoms with Gasteiger partial charge in [-0.3, -0.25) is 4.98 Å². The molecule has 1 aliphatic rings. The van der Waals surface area contributed by atoms with Crippen LogP contribution >= 0.6 is 0 Å². The van der Waals surface area contributed by atoms with Crippen molar-refractivity contribution in [3.8, 4) is 0 Å². The van der Waals surface area contributed by atoms with Gasteiger partial charge in [0.15, 0.2) is 0 Å². The molecule has 0 aromatic carbocycles. The number of rotatable bonds is 3. The molecule has 98 valence electrons. The molecule has 2 heteroatoms. The van der Waals surface area contributed by atoms with Crippen LogP contribution in [0, 0.1) is 19.8 Å². The van der Waals surface area contributed by atoms with Crippen molar-refractivity contribution < 1.29 is 0 Å². The highest BCUT2D eigenvalue weighted by Crippen LogP contribution is 2.25. The highest BCUT2D eigenvalue weighted by atomic mass is 14.9. The number of pyridine rings is 1. The summed E-state index contributed by atoms with van der Waals surface area (Å²) in [5.74, 6) is 0.888. The number of aromatic nitrogens is 1. The molecule has 2 nitrogen and oxygen atoms in total. The van der Waals surface area contributed by atoms with Crippen molar-refractivity contribution in [2.75, 3.05) is 0 Å². The molecule has 0 atom stereocenters. The molecule has 0 radical (unpaired) electrons. The van der Waals surface area contributed by atoms with Crippen LogP contribution in [0.3, 0.4) is 0 Å². The van der Waals surface area contributed by atoms with Crippen molar-refractivity contribution in [3.63, 3.8) is 0 Å². The molecule has 0 spiro atoms. The second-order valence-electron chi connectivity index (χ2n) is 5.73. The van der Waals surface area contributed by atoms with Gasteiger partial charge in [0.25, 0.3) is 0 Å². The summed E-state index contributed by atoms with van der Waals surface area (Å²) in [4.78, 5) is 4.40. The molecule has 0 aliphatic heterocycles. The molecule has 1 heterocycles. The van der Waals surface area contributed by atoms with Crippen LogP contribution in [0.25, 0.3) is 5.70 Å². The van der Waals surface area contributed by atoms with Gasteiger partial charge in [-0.05, 0) is 57.1 Å². The van der Waals surface area contributed by atoms with Crippen LogP contribution in [-0.4, -0.2) is 11.0 Å². The molecular weight excluding hydrogens is 220 g/mol. The fourth-order valence-electron chi connectivity index (χ4n) is 2.67. The van der Waals surface area contributed by atoms with Crippen LogP contribution in [0.15, 0.2) is 18.8 Å². The van der Waals surface area contributed by atoms with Crippen molar-refractivity contribution in [2.45, 2.75) is 52.5 Å². The van der Waals surface area contributed by atoms with E-state index in [1.807, 2.05) is 13.1 Å². The van der Waals surface area contributed by atoms with E-state index in [9.17, 15) is 0 Å². The van der Waals surface area contributed by atoms with Gasteiger partial charge in [0.05, 0.1) is 0 Å². The van der Waals surface area contributed by atoms with Crippen molar-refractivity contribution in [1.82, 2.24) is 10.3 Å². The standard InChI is InChI=1S/C16H24N2/c1-11-5-7-15(8-6-11)18-14(4)16-9-12(2)10-17-13(16)3/h9-11,15,18H,4-8H2,1-3H3. The number of aryl methyl sites for hydroxylation is 2. The summed E-state index contributed by atoms with van der Waals surface area (Å²) in [6.07, 6.45) is 7.09. The van der Waals surface area contributed by atoms with Crippen LogP contribution in [0.2, 0.25) is 0 Å². The normalized spacial score (nSPS) is 23.7. The molecular formula is C16H24N2. The first-order valence-corrected chi connectivity index (χ1v) is 6.95. The maximum Gasteiger partial charge on any atom is 0.0465 e. The molecule has 0 unspecified atom stereocenters. The molecule has 0 saturated heterocycles. The fraction of sp³-hybridized carbons (Fsp3) is 0.562. The first kappa shape index (κ1) is 13.1. The maximum absolute atomic E-state index is 4.40.